The smallest absolute Gasteiger partial charge is 0.242 e. The number of benzene rings is 1. The fourth-order valence-corrected chi connectivity index (χ4v) is 7.20. The minimum Gasteiger partial charge on any atom is -0.379 e. The molecule has 1 saturated heterocycles. The maximum Gasteiger partial charge on any atom is 0.242 e. The van der Waals surface area contributed by atoms with Gasteiger partial charge in [-0.15, -0.1) is 11.3 Å². The van der Waals surface area contributed by atoms with Crippen molar-refractivity contribution < 1.29 is 28.7 Å². The number of hydrogen-bond acceptors (Lipinski definition) is 9. The minimum atomic E-state index is -0.432. The number of thiazole rings is 1. The van der Waals surface area contributed by atoms with E-state index >= 15 is 0 Å². The predicted octanol–water partition coefficient (Wildman–Crippen LogP) is 6.51. The van der Waals surface area contributed by atoms with E-state index in [-0.39, 0.29) is 54.9 Å². The van der Waals surface area contributed by atoms with Crippen LogP contribution in [-0.2, 0) is 35.1 Å². The molecule has 0 spiro atoms. The van der Waals surface area contributed by atoms with Gasteiger partial charge < -0.3 is 35.2 Å². The maximum atomic E-state index is 13.3. The molecular weight excluding hydrogens is 729 g/mol. The number of aromatic nitrogens is 1. The van der Waals surface area contributed by atoms with Gasteiger partial charge in [-0.3, -0.25) is 19.2 Å². The Morgan fingerprint density at radius 3 is 2.09 bits per heavy atom. The van der Waals surface area contributed by atoms with Crippen molar-refractivity contribution in [3.8, 4) is 0 Å². The Bertz CT molecular complexity index is 1300. The van der Waals surface area contributed by atoms with Crippen molar-refractivity contribution in [2.24, 2.45) is 17.8 Å². The molecule has 7 unspecified atom stereocenters. The van der Waals surface area contributed by atoms with Gasteiger partial charge in [0, 0.05) is 45.4 Å². The topological polar surface area (TPSA) is 142 Å². The van der Waals surface area contributed by atoms with Crippen molar-refractivity contribution in [3.05, 3.63) is 52.5 Å². The van der Waals surface area contributed by atoms with Crippen molar-refractivity contribution in [2.75, 3.05) is 41.4 Å². The van der Waals surface area contributed by atoms with Gasteiger partial charge in [0.25, 0.3) is 0 Å². The number of rotatable bonds is 20. The first-order valence-electron chi connectivity index (χ1n) is 20.3. The fraction of sp³-hybridized carbons (Fsp3) is 0.698. The average Bonchev–Trinajstić information content (AvgIpc) is 3.91. The Hall–Kier alpha value is -3.39. The lowest BCUT2D eigenvalue weighted by molar-refractivity contribution is -0.144. The molecule has 1 aromatic heterocycles. The highest BCUT2D eigenvalue weighted by atomic mass is 32.1. The van der Waals surface area contributed by atoms with E-state index in [2.05, 4.69) is 83.2 Å². The van der Waals surface area contributed by atoms with Gasteiger partial charge in [-0.05, 0) is 56.6 Å². The van der Waals surface area contributed by atoms with E-state index < -0.39 is 6.10 Å². The van der Waals surface area contributed by atoms with E-state index in [1.54, 1.807) is 43.7 Å². The Labute approximate surface area is 343 Å². The number of carbonyl (C=O) groups excluding carboxylic acids is 4. The van der Waals surface area contributed by atoms with Gasteiger partial charge in [0.05, 0.1) is 43.3 Å². The van der Waals surface area contributed by atoms with E-state index in [1.807, 2.05) is 47.7 Å². The molecule has 7 atom stereocenters. The molecule has 320 valence electrons. The summed E-state index contributed by atoms with van der Waals surface area (Å²) in [5, 5.41) is 11.2. The first kappa shape index (κ1) is 52.6. The molecule has 0 bridgehead atoms. The highest BCUT2D eigenvalue weighted by molar-refractivity contribution is 7.09. The molecule has 4 amide bonds. The Morgan fingerprint density at radius 1 is 1.00 bits per heavy atom. The zero-order chi connectivity index (χ0) is 42.6. The molecule has 12 nitrogen and oxygen atoms in total. The summed E-state index contributed by atoms with van der Waals surface area (Å²) in [5.74, 6) is 1.02. The Kier molecular flexibility index (Phi) is 28.9. The number of carbonyl (C=O) groups is 4. The fourth-order valence-electron chi connectivity index (χ4n) is 6.50. The summed E-state index contributed by atoms with van der Waals surface area (Å²) in [4.78, 5) is 54.7. The molecule has 2 heterocycles. The third kappa shape index (κ3) is 19.2. The van der Waals surface area contributed by atoms with Crippen LogP contribution in [0.15, 0.2) is 41.9 Å². The summed E-state index contributed by atoms with van der Waals surface area (Å²) >= 11 is 1.56. The summed E-state index contributed by atoms with van der Waals surface area (Å²) in [5.41, 5.74) is 1.19. The van der Waals surface area contributed by atoms with E-state index in [1.165, 1.54) is 12.0 Å². The van der Waals surface area contributed by atoms with Crippen LogP contribution < -0.4 is 16.0 Å². The Morgan fingerprint density at radius 2 is 1.64 bits per heavy atom. The molecule has 1 aromatic carbocycles. The van der Waals surface area contributed by atoms with Crippen LogP contribution in [0.25, 0.3) is 0 Å². The largest absolute Gasteiger partial charge is 0.379 e. The van der Waals surface area contributed by atoms with Crippen molar-refractivity contribution in [3.63, 3.8) is 0 Å². The second-order valence-corrected chi connectivity index (χ2v) is 16.0. The van der Waals surface area contributed by atoms with Crippen LogP contribution in [0.5, 0.6) is 0 Å². The van der Waals surface area contributed by atoms with Crippen LogP contribution in [0.3, 0.4) is 0 Å². The molecule has 3 rings (SSSR count). The van der Waals surface area contributed by atoms with Crippen molar-refractivity contribution in [2.45, 2.75) is 137 Å². The number of ether oxygens (including phenoxy) is 2. The molecule has 1 aliphatic heterocycles. The SMILES string of the molecule is CCC.CCC(C)C(C(CC(=O)N1CCCC1C(OC)C(C)C)OC)N(C)C(=O)CNC=O.CNC(C)C(C)C.O=CNC(Cc1ccccc1)c1nccs1. The number of nitrogens with zero attached hydrogens (tertiary/aromatic N) is 3. The van der Waals surface area contributed by atoms with Crippen LogP contribution in [-0.4, -0.2) is 111 Å². The van der Waals surface area contributed by atoms with Crippen LogP contribution in [0, 0.1) is 17.8 Å². The molecule has 1 fully saturated rings. The summed E-state index contributed by atoms with van der Waals surface area (Å²) < 4.78 is 11.5. The van der Waals surface area contributed by atoms with Gasteiger partial charge >= 0.3 is 0 Å². The van der Waals surface area contributed by atoms with Crippen molar-refractivity contribution in [1.82, 2.24) is 30.7 Å². The van der Waals surface area contributed by atoms with Crippen LogP contribution in [0.4, 0.5) is 0 Å². The van der Waals surface area contributed by atoms with Gasteiger partial charge in [-0.2, -0.15) is 0 Å². The van der Waals surface area contributed by atoms with Crippen LogP contribution in [0.2, 0.25) is 0 Å². The highest BCUT2D eigenvalue weighted by Crippen LogP contribution is 2.29. The van der Waals surface area contributed by atoms with Crippen molar-refractivity contribution in [1.29, 1.82) is 0 Å². The summed E-state index contributed by atoms with van der Waals surface area (Å²) in [7, 11) is 6.99. The predicted molar refractivity (Wildman–Crippen MR) is 229 cm³/mol. The van der Waals surface area contributed by atoms with Gasteiger partial charge in [0.1, 0.15) is 5.01 Å². The second kappa shape index (κ2) is 30.7. The van der Waals surface area contributed by atoms with Crippen molar-refractivity contribution >= 4 is 36.0 Å². The number of methoxy groups -OCH3 is 2. The molecule has 13 heteroatoms. The Balaban J connectivity index is 0.000000956. The zero-order valence-corrected chi connectivity index (χ0v) is 37.6. The highest BCUT2D eigenvalue weighted by Gasteiger charge is 2.39. The summed E-state index contributed by atoms with van der Waals surface area (Å²) in [6.45, 7) is 19.8. The van der Waals surface area contributed by atoms with Crippen LogP contribution >= 0.6 is 11.3 Å². The lowest BCUT2D eigenvalue weighted by Crippen LogP contribution is -2.53. The number of hydrogen-bond donors (Lipinski definition) is 3. The van der Waals surface area contributed by atoms with Gasteiger partial charge in [0.2, 0.25) is 24.6 Å². The molecule has 0 saturated carbocycles. The minimum absolute atomic E-state index is 0.00137. The average molecular weight is 805 g/mol. The summed E-state index contributed by atoms with van der Waals surface area (Å²) in [6.07, 6.45) is 7.52. The molecule has 56 heavy (non-hydrogen) atoms. The van der Waals surface area contributed by atoms with Gasteiger partial charge in [0.15, 0.2) is 0 Å². The number of likely N-dealkylation sites (tertiary alicyclic amines) is 1. The standard InChI is InChI=1S/C22H41N3O5.C12H12N2OS.C6H15N.C3H8/c1-8-16(4)21(24(5)20(28)13-23-14-26)18(29-6)12-19(27)25-11-9-10-17(25)22(30-7)15(2)3;15-9-14-11(12-13-6-7-16-12)8-10-4-2-1-3-5-10;1-5(2)6(3)7-4;1-3-2/h14-18,21-22H,8-13H2,1-7H3,(H,23,26);1-7,9,11H,8H2,(H,14,15);5-7H,1-4H3;3H2,1-2H3. The second-order valence-electron chi connectivity index (χ2n) is 15.0. The molecule has 1 aliphatic rings. The summed E-state index contributed by atoms with van der Waals surface area (Å²) in [6, 6.07) is 10.5. The lowest BCUT2D eigenvalue weighted by Gasteiger charge is -2.39. The van der Waals surface area contributed by atoms with E-state index in [0.29, 0.717) is 18.4 Å². The van der Waals surface area contributed by atoms with E-state index in [4.69, 9.17) is 9.47 Å². The van der Waals surface area contributed by atoms with E-state index in [0.717, 1.165) is 49.6 Å². The normalized spacial score (nSPS) is 16.6. The van der Waals surface area contributed by atoms with Gasteiger partial charge in [-0.1, -0.05) is 98.6 Å². The monoisotopic (exact) mass is 805 g/mol. The number of nitrogens with one attached hydrogen (secondary N) is 3. The van der Waals surface area contributed by atoms with Crippen LogP contribution in [0.1, 0.15) is 111 Å². The molecule has 0 radical (unpaired) electrons. The lowest BCUT2D eigenvalue weighted by atomic mass is 9.90. The van der Waals surface area contributed by atoms with Gasteiger partial charge in [-0.25, -0.2) is 4.98 Å². The molecule has 3 N–H and O–H groups in total. The zero-order valence-electron chi connectivity index (χ0n) is 36.7. The third-order valence-corrected chi connectivity index (χ3v) is 11.0. The first-order chi connectivity index (χ1) is 26.7. The van der Waals surface area contributed by atoms with E-state index in [9.17, 15) is 19.2 Å². The number of likely N-dealkylation sites (N-methyl/N-ethyl adjacent to an activating group) is 1. The third-order valence-electron chi connectivity index (χ3n) is 10.1. The molecular formula is C43H76N6O6S. The molecule has 2 aromatic rings. The number of amides is 4. The molecule has 0 aliphatic carbocycles. The maximum absolute atomic E-state index is 13.3. The quantitative estimate of drug-likeness (QED) is 0.129. The first-order valence-corrected chi connectivity index (χ1v) is 21.2.